The van der Waals surface area contributed by atoms with Crippen molar-refractivity contribution >= 4 is 5.91 Å². The summed E-state index contributed by atoms with van der Waals surface area (Å²) in [6, 6.07) is 4.80. The number of pyridine rings is 1. The van der Waals surface area contributed by atoms with E-state index in [2.05, 4.69) is 26.2 Å². The van der Waals surface area contributed by atoms with Crippen molar-refractivity contribution in [3.63, 3.8) is 0 Å². The Morgan fingerprint density at radius 3 is 2.81 bits per heavy atom. The smallest absolute Gasteiger partial charge is 0.226 e. The fourth-order valence-corrected chi connectivity index (χ4v) is 4.43. The van der Waals surface area contributed by atoms with Crippen LogP contribution in [0.25, 0.3) is 0 Å². The number of nitrogens with one attached hydrogen (secondary N) is 1. The molecule has 1 aromatic rings. The second-order valence-electron chi connectivity index (χ2n) is 8.07. The Labute approximate surface area is 163 Å². The molecule has 0 spiro atoms. The molecule has 0 aliphatic carbocycles. The lowest BCUT2D eigenvalue weighted by atomic mass is 9.93. The molecule has 1 aromatic heterocycles. The molecule has 0 saturated carbocycles. The molecule has 1 atom stereocenters. The van der Waals surface area contributed by atoms with E-state index in [0.29, 0.717) is 11.9 Å². The van der Waals surface area contributed by atoms with Gasteiger partial charge in [-0.15, -0.1) is 0 Å². The summed E-state index contributed by atoms with van der Waals surface area (Å²) in [5, 5.41) is 3.13. The molecule has 1 N–H and O–H groups in total. The van der Waals surface area contributed by atoms with Gasteiger partial charge in [0.1, 0.15) is 0 Å². The van der Waals surface area contributed by atoms with E-state index in [1.807, 2.05) is 37.5 Å². The first-order valence-electron chi connectivity index (χ1n) is 10.4. The Bertz CT molecular complexity index is 573. The van der Waals surface area contributed by atoms with E-state index < -0.39 is 0 Å². The molecule has 0 radical (unpaired) electrons. The van der Waals surface area contributed by atoms with Gasteiger partial charge in [-0.05, 0) is 64.0 Å². The van der Waals surface area contributed by atoms with Crippen molar-refractivity contribution in [2.24, 2.45) is 5.92 Å². The predicted octanol–water partition coefficient (Wildman–Crippen LogP) is 1.44. The van der Waals surface area contributed by atoms with Crippen molar-refractivity contribution in [3.05, 3.63) is 30.1 Å². The molecule has 3 rings (SSSR count). The standard InChI is InChI=1S/C21H35N5O/c1-22-10-14-24(2)21(27)19-6-4-11-26(17-19)20-7-12-25(13-8-20)16-18-5-3-9-23-15-18/h3,5,9,15,19-20,22H,4,6-8,10-14,16-17H2,1-2H3/t19-/m1/s1. The van der Waals surface area contributed by atoms with E-state index in [9.17, 15) is 4.79 Å². The first kappa shape index (κ1) is 20.2. The molecule has 2 fully saturated rings. The quantitative estimate of drug-likeness (QED) is 0.784. The fourth-order valence-electron chi connectivity index (χ4n) is 4.43. The second kappa shape index (κ2) is 10.2. The number of likely N-dealkylation sites (tertiary alicyclic amines) is 2. The summed E-state index contributed by atoms with van der Waals surface area (Å²) in [5.41, 5.74) is 1.30. The molecule has 150 valence electrons. The van der Waals surface area contributed by atoms with Crippen LogP contribution in [0.15, 0.2) is 24.5 Å². The van der Waals surface area contributed by atoms with Crippen LogP contribution in [-0.4, -0.2) is 85.0 Å². The van der Waals surface area contributed by atoms with Crippen molar-refractivity contribution < 1.29 is 4.79 Å². The van der Waals surface area contributed by atoms with E-state index >= 15 is 0 Å². The summed E-state index contributed by atoms with van der Waals surface area (Å²) in [4.78, 5) is 24.0. The summed E-state index contributed by atoms with van der Waals surface area (Å²) in [6.45, 7) is 7.01. The summed E-state index contributed by atoms with van der Waals surface area (Å²) in [5.74, 6) is 0.498. The minimum Gasteiger partial charge on any atom is -0.344 e. The monoisotopic (exact) mass is 373 g/mol. The van der Waals surface area contributed by atoms with Gasteiger partial charge in [-0.1, -0.05) is 6.07 Å². The molecule has 0 bridgehead atoms. The van der Waals surface area contributed by atoms with Crippen LogP contribution < -0.4 is 5.32 Å². The van der Waals surface area contributed by atoms with Crippen molar-refractivity contribution in [3.8, 4) is 0 Å². The maximum atomic E-state index is 12.7. The molecule has 6 heteroatoms. The Morgan fingerprint density at radius 2 is 2.11 bits per heavy atom. The third-order valence-corrected chi connectivity index (χ3v) is 6.08. The molecule has 27 heavy (non-hydrogen) atoms. The Hall–Kier alpha value is -1.50. The molecule has 2 aliphatic heterocycles. The molecule has 0 unspecified atom stereocenters. The van der Waals surface area contributed by atoms with Crippen molar-refractivity contribution in [2.75, 3.05) is 53.4 Å². The number of carbonyl (C=O) groups is 1. The van der Waals surface area contributed by atoms with Gasteiger partial charge in [0, 0.05) is 51.7 Å². The van der Waals surface area contributed by atoms with E-state index in [1.54, 1.807) is 0 Å². The zero-order chi connectivity index (χ0) is 19.1. The highest BCUT2D eigenvalue weighted by atomic mass is 16.2. The zero-order valence-electron chi connectivity index (χ0n) is 16.9. The van der Waals surface area contributed by atoms with Crippen LogP contribution in [0.3, 0.4) is 0 Å². The van der Waals surface area contributed by atoms with Crippen LogP contribution in [0.2, 0.25) is 0 Å². The first-order valence-corrected chi connectivity index (χ1v) is 10.4. The third-order valence-electron chi connectivity index (χ3n) is 6.08. The predicted molar refractivity (Wildman–Crippen MR) is 108 cm³/mol. The normalized spacial score (nSPS) is 22.7. The van der Waals surface area contributed by atoms with Crippen LogP contribution in [0, 0.1) is 5.92 Å². The second-order valence-corrected chi connectivity index (χ2v) is 8.07. The first-order chi connectivity index (χ1) is 13.2. The van der Waals surface area contributed by atoms with E-state index in [4.69, 9.17) is 0 Å². The van der Waals surface area contributed by atoms with Gasteiger partial charge >= 0.3 is 0 Å². The lowest BCUT2D eigenvalue weighted by Gasteiger charge is -2.42. The summed E-state index contributed by atoms with van der Waals surface area (Å²) >= 11 is 0. The van der Waals surface area contributed by atoms with E-state index in [1.165, 1.54) is 18.4 Å². The lowest BCUT2D eigenvalue weighted by Crippen LogP contribution is -2.51. The number of likely N-dealkylation sites (N-methyl/N-ethyl adjacent to an activating group) is 2. The topological polar surface area (TPSA) is 51.7 Å². The average molecular weight is 374 g/mol. The van der Waals surface area contributed by atoms with Crippen LogP contribution in [0.1, 0.15) is 31.2 Å². The van der Waals surface area contributed by atoms with Crippen LogP contribution in [0.4, 0.5) is 0 Å². The average Bonchev–Trinajstić information content (AvgIpc) is 2.73. The van der Waals surface area contributed by atoms with Crippen molar-refractivity contribution in [2.45, 2.75) is 38.3 Å². The maximum absolute atomic E-state index is 12.7. The molecule has 1 amide bonds. The van der Waals surface area contributed by atoms with Gasteiger partial charge in [0.25, 0.3) is 0 Å². The number of piperidine rings is 2. The van der Waals surface area contributed by atoms with Crippen molar-refractivity contribution in [1.82, 2.24) is 25.0 Å². The number of nitrogens with zero attached hydrogens (tertiary/aromatic N) is 4. The fraction of sp³-hybridized carbons (Fsp3) is 0.714. The van der Waals surface area contributed by atoms with E-state index in [-0.39, 0.29) is 5.92 Å². The van der Waals surface area contributed by atoms with Gasteiger partial charge < -0.3 is 10.2 Å². The highest BCUT2D eigenvalue weighted by Gasteiger charge is 2.32. The number of aromatic nitrogens is 1. The summed E-state index contributed by atoms with van der Waals surface area (Å²) in [7, 11) is 3.87. The third kappa shape index (κ3) is 5.74. The number of amides is 1. The molecule has 0 aromatic carbocycles. The van der Waals surface area contributed by atoms with Gasteiger partial charge in [-0.3, -0.25) is 19.6 Å². The minimum atomic E-state index is 0.175. The van der Waals surface area contributed by atoms with Crippen molar-refractivity contribution in [1.29, 1.82) is 0 Å². The van der Waals surface area contributed by atoms with Gasteiger partial charge in [-0.2, -0.15) is 0 Å². The Kier molecular flexibility index (Phi) is 7.61. The molecule has 3 heterocycles. The molecule has 6 nitrogen and oxygen atoms in total. The van der Waals surface area contributed by atoms with Crippen LogP contribution in [-0.2, 0) is 11.3 Å². The minimum absolute atomic E-state index is 0.175. The number of rotatable bonds is 7. The SMILES string of the molecule is CNCCN(C)C(=O)[C@@H]1CCCN(C2CCN(Cc3cccnc3)CC2)C1. The van der Waals surface area contributed by atoms with Gasteiger partial charge in [0.2, 0.25) is 5.91 Å². The van der Waals surface area contributed by atoms with Crippen LogP contribution in [0.5, 0.6) is 0 Å². The molecular formula is C21H35N5O. The zero-order valence-corrected chi connectivity index (χ0v) is 16.9. The Morgan fingerprint density at radius 1 is 1.30 bits per heavy atom. The van der Waals surface area contributed by atoms with E-state index in [0.717, 1.165) is 58.7 Å². The molecular weight excluding hydrogens is 338 g/mol. The highest BCUT2D eigenvalue weighted by Crippen LogP contribution is 2.25. The Balaban J connectivity index is 1.46. The van der Waals surface area contributed by atoms with Crippen LogP contribution >= 0.6 is 0 Å². The maximum Gasteiger partial charge on any atom is 0.226 e. The number of carbonyl (C=O) groups excluding carboxylic acids is 1. The number of hydrogen-bond acceptors (Lipinski definition) is 5. The van der Waals surface area contributed by atoms with Gasteiger partial charge in [-0.25, -0.2) is 0 Å². The summed E-state index contributed by atoms with van der Waals surface area (Å²) < 4.78 is 0. The number of hydrogen-bond donors (Lipinski definition) is 1. The largest absolute Gasteiger partial charge is 0.344 e. The van der Waals surface area contributed by atoms with Gasteiger partial charge in [0.15, 0.2) is 0 Å². The summed E-state index contributed by atoms with van der Waals surface area (Å²) in [6.07, 6.45) is 8.40. The lowest BCUT2D eigenvalue weighted by molar-refractivity contribution is -0.136. The molecule has 2 saturated heterocycles. The highest BCUT2D eigenvalue weighted by molar-refractivity contribution is 5.78. The molecule has 2 aliphatic rings. The van der Waals surface area contributed by atoms with Gasteiger partial charge in [0.05, 0.1) is 5.92 Å².